The number of anilines is 1. The average Bonchev–Trinajstić information content (AvgIpc) is 3.01. The Morgan fingerprint density at radius 3 is 2.80 bits per heavy atom. The number of hydrogen-bond donors (Lipinski definition) is 2. The van der Waals surface area contributed by atoms with Gasteiger partial charge in [0, 0.05) is 31.4 Å². The monoisotopic (exact) mass is 452 g/mol. The maximum Gasteiger partial charge on any atom is 0.243 e. The highest BCUT2D eigenvalue weighted by molar-refractivity contribution is 14.0. The fourth-order valence-electron chi connectivity index (χ4n) is 3.58. The fraction of sp³-hybridized carbons (Fsp3) is 0.474. The van der Waals surface area contributed by atoms with E-state index in [2.05, 4.69) is 26.4 Å². The second kappa shape index (κ2) is 8.56. The Bertz CT molecular complexity index is 691. The van der Waals surface area contributed by atoms with Gasteiger partial charge in [-0.1, -0.05) is 18.4 Å². The summed E-state index contributed by atoms with van der Waals surface area (Å²) in [6, 6.07) is 7.28. The Balaban J connectivity index is 0.00000225. The van der Waals surface area contributed by atoms with E-state index in [1.54, 1.807) is 13.1 Å². The third-order valence-electron chi connectivity index (χ3n) is 5.08. The molecule has 1 aliphatic carbocycles. The molecule has 25 heavy (non-hydrogen) atoms. The van der Waals surface area contributed by atoms with E-state index in [1.165, 1.54) is 25.7 Å². The normalized spacial score (nSPS) is 18.1. The van der Waals surface area contributed by atoms with Crippen molar-refractivity contribution >= 4 is 41.5 Å². The molecule has 1 amide bonds. The quantitative estimate of drug-likeness (QED) is 0.321. The number of aliphatic imine (C=N–C) groups is 1. The molecule has 0 aromatic heterocycles. The van der Waals surface area contributed by atoms with Crippen molar-refractivity contribution in [2.45, 2.75) is 25.7 Å². The molecular formula is C19H25IN4O. The number of benzene rings is 1. The van der Waals surface area contributed by atoms with Gasteiger partial charge in [0.25, 0.3) is 0 Å². The average molecular weight is 452 g/mol. The highest BCUT2D eigenvalue weighted by Crippen LogP contribution is 2.47. The number of carbonyl (C=O) groups excluding carboxylic acids is 1. The molecule has 1 aromatic carbocycles. The van der Waals surface area contributed by atoms with Gasteiger partial charge in [0.1, 0.15) is 0 Å². The lowest BCUT2D eigenvalue weighted by molar-refractivity contribution is -0.115. The third kappa shape index (κ3) is 4.66. The minimum atomic E-state index is -0.108. The zero-order valence-electron chi connectivity index (χ0n) is 14.5. The molecule has 134 valence electrons. The smallest absolute Gasteiger partial charge is 0.243 e. The van der Waals surface area contributed by atoms with Crippen molar-refractivity contribution in [3.8, 4) is 12.3 Å². The summed E-state index contributed by atoms with van der Waals surface area (Å²) < 4.78 is 0. The van der Waals surface area contributed by atoms with E-state index < -0.39 is 0 Å². The van der Waals surface area contributed by atoms with E-state index in [9.17, 15) is 4.79 Å². The number of terminal acetylenes is 1. The van der Waals surface area contributed by atoms with E-state index in [4.69, 9.17) is 6.42 Å². The number of carbonyl (C=O) groups is 1. The maximum atomic E-state index is 12.1. The van der Waals surface area contributed by atoms with Crippen LogP contribution in [0.25, 0.3) is 0 Å². The SMILES string of the molecule is C#Cc1cccc(NC(=O)CNC(=NC)N2CCC3(CCC3)C2)c1.I. The first kappa shape index (κ1) is 19.6. The van der Waals surface area contributed by atoms with Crippen molar-refractivity contribution in [1.82, 2.24) is 10.2 Å². The highest BCUT2D eigenvalue weighted by atomic mass is 127. The summed E-state index contributed by atoms with van der Waals surface area (Å²) in [5.41, 5.74) is 1.97. The molecule has 6 heteroatoms. The van der Waals surface area contributed by atoms with Crippen LogP contribution in [0.3, 0.4) is 0 Å². The van der Waals surface area contributed by atoms with Crippen LogP contribution in [0.15, 0.2) is 29.3 Å². The topological polar surface area (TPSA) is 56.7 Å². The van der Waals surface area contributed by atoms with E-state index in [-0.39, 0.29) is 36.4 Å². The van der Waals surface area contributed by atoms with Gasteiger partial charge < -0.3 is 15.5 Å². The zero-order chi connectivity index (χ0) is 17.0. The number of halogens is 1. The molecule has 0 bridgehead atoms. The van der Waals surface area contributed by atoms with Crippen LogP contribution in [0.2, 0.25) is 0 Å². The summed E-state index contributed by atoms with van der Waals surface area (Å²) in [6.45, 7) is 2.26. The Morgan fingerprint density at radius 2 is 2.20 bits per heavy atom. The maximum absolute atomic E-state index is 12.1. The highest BCUT2D eigenvalue weighted by Gasteiger charge is 2.43. The van der Waals surface area contributed by atoms with E-state index in [0.29, 0.717) is 11.1 Å². The summed E-state index contributed by atoms with van der Waals surface area (Å²) in [4.78, 5) is 18.7. The number of guanidine groups is 1. The van der Waals surface area contributed by atoms with E-state index in [1.807, 2.05) is 18.2 Å². The van der Waals surface area contributed by atoms with Crippen molar-refractivity contribution in [2.75, 3.05) is 32.0 Å². The molecule has 1 saturated heterocycles. The number of nitrogens with one attached hydrogen (secondary N) is 2. The largest absolute Gasteiger partial charge is 0.347 e. The Hall–Kier alpha value is -1.75. The minimum Gasteiger partial charge on any atom is -0.347 e. The predicted molar refractivity (Wildman–Crippen MR) is 112 cm³/mol. The van der Waals surface area contributed by atoms with Gasteiger partial charge in [-0.25, -0.2) is 0 Å². The van der Waals surface area contributed by atoms with Crippen molar-refractivity contribution in [3.63, 3.8) is 0 Å². The van der Waals surface area contributed by atoms with Crippen LogP contribution in [0.4, 0.5) is 5.69 Å². The first-order valence-corrected chi connectivity index (χ1v) is 8.46. The van der Waals surface area contributed by atoms with Crippen LogP contribution >= 0.6 is 24.0 Å². The number of amides is 1. The summed E-state index contributed by atoms with van der Waals surface area (Å²) in [5.74, 6) is 3.27. The van der Waals surface area contributed by atoms with Gasteiger partial charge in [-0.2, -0.15) is 0 Å². The standard InChI is InChI=1S/C19H24N4O.HI/c1-3-15-6-4-7-16(12-15)22-17(24)13-21-18(20-2)23-11-10-19(14-23)8-5-9-19;/h1,4,6-7,12H,5,8-11,13-14H2,2H3,(H,20,21)(H,22,24);1H. The van der Waals surface area contributed by atoms with Gasteiger partial charge in [0.2, 0.25) is 5.91 Å². The molecule has 2 N–H and O–H groups in total. The minimum absolute atomic E-state index is 0. The molecule has 1 heterocycles. The van der Waals surface area contributed by atoms with Crippen molar-refractivity contribution in [3.05, 3.63) is 29.8 Å². The number of likely N-dealkylation sites (tertiary alicyclic amines) is 1. The first-order chi connectivity index (χ1) is 11.6. The number of hydrogen-bond acceptors (Lipinski definition) is 2. The van der Waals surface area contributed by atoms with Crippen LogP contribution in [0.1, 0.15) is 31.2 Å². The van der Waals surface area contributed by atoms with Gasteiger partial charge in [-0.3, -0.25) is 9.79 Å². The lowest BCUT2D eigenvalue weighted by atomic mass is 9.68. The lowest BCUT2D eigenvalue weighted by Gasteiger charge is -2.38. The van der Waals surface area contributed by atoms with Crippen LogP contribution in [-0.2, 0) is 4.79 Å². The lowest BCUT2D eigenvalue weighted by Crippen LogP contribution is -2.44. The second-order valence-electron chi connectivity index (χ2n) is 6.70. The molecular weight excluding hydrogens is 427 g/mol. The molecule has 1 spiro atoms. The van der Waals surface area contributed by atoms with Gasteiger partial charge in [0.05, 0.1) is 6.54 Å². The zero-order valence-corrected chi connectivity index (χ0v) is 16.9. The summed E-state index contributed by atoms with van der Waals surface area (Å²) in [7, 11) is 1.77. The van der Waals surface area contributed by atoms with Gasteiger partial charge in [0.15, 0.2) is 5.96 Å². The molecule has 2 aliphatic rings. The molecule has 5 nitrogen and oxygen atoms in total. The molecule has 2 fully saturated rings. The molecule has 0 radical (unpaired) electrons. The van der Waals surface area contributed by atoms with Crippen LogP contribution in [0, 0.1) is 17.8 Å². The van der Waals surface area contributed by atoms with Gasteiger partial charge in [-0.15, -0.1) is 30.4 Å². The van der Waals surface area contributed by atoms with Crippen molar-refractivity contribution in [1.29, 1.82) is 0 Å². The fourth-order valence-corrected chi connectivity index (χ4v) is 3.58. The molecule has 1 aromatic rings. The molecule has 1 aliphatic heterocycles. The van der Waals surface area contributed by atoms with Gasteiger partial charge >= 0.3 is 0 Å². The van der Waals surface area contributed by atoms with E-state index >= 15 is 0 Å². The van der Waals surface area contributed by atoms with Crippen molar-refractivity contribution < 1.29 is 4.79 Å². The molecule has 3 rings (SSSR count). The first-order valence-electron chi connectivity index (χ1n) is 8.46. The van der Waals surface area contributed by atoms with Crippen LogP contribution < -0.4 is 10.6 Å². The Labute approximate surface area is 166 Å². The number of nitrogens with zero attached hydrogens (tertiary/aromatic N) is 2. The van der Waals surface area contributed by atoms with Crippen LogP contribution in [-0.4, -0.2) is 43.4 Å². The second-order valence-corrected chi connectivity index (χ2v) is 6.70. The summed E-state index contributed by atoms with van der Waals surface area (Å²) >= 11 is 0. The molecule has 0 unspecified atom stereocenters. The Kier molecular flexibility index (Phi) is 6.71. The van der Waals surface area contributed by atoms with Crippen LogP contribution in [0.5, 0.6) is 0 Å². The van der Waals surface area contributed by atoms with Crippen molar-refractivity contribution in [2.24, 2.45) is 10.4 Å². The summed E-state index contributed by atoms with van der Waals surface area (Å²) in [6.07, 6.45) is 10.6. The number of rotatable bonds is 3. The van der Waals surface area contributed by atoms with E-state index in [0.717, 1.165) is 24.6 Å². The predicted octanol–water partition coefficient (Wildman–Crippen LogP) is 2.68. The summed E-state index contributed by atoms with van der Waals surface area (Å²) in [5, 5.41) is 6.02. The molecule has 1 saturated carbocycles. The molecule has 0 atom stereocenters. The Morgan fingerprint density at radius 1 is 1.40 bits per heavy atom. The van der Waals surface area contributed by atoms with Gasteiger partial charge in [-0.05, 0) is 42.9 Å². The third-order valence-corrected chi connectivity index (χ3v) is 5.08.